The number of anilines is 1. The number of hydrogen-bond acceptors (Lipinski definition) is 7. The number of piperidine rings is 1. The number of ether oxygens (including phenoxy) is 1. The molecule has 1 N–H and O–H groups in total. The van der Waals surface area contributed by atoms with Gasteiger partial charge in [-0.05, 0) is 57.5 Å². The van der Waals surface area contributed by atoms with Crippen LogP contribution in [0.3, 0.4) is 0 Å². The molecule has 200 valence electrons. The Morgan fingerprint density at radius 3 is 2.33 bits per heavy atom. The van der Waals surface area contributed by atoms with Crippen LogP contribution in [-0.2, 0) is 22.0 Å². The minimum atomic E-state index is -0.211. The third-order valence-electron chi connectivity index (χ3n) is 7.74. The van der Waals surface area contributed by atoms with E-state index in [2.05, 4.69) is 40.7 Å². The standard InChI is InChI=1S/C27H44N6O3/c1-6-36-21(34)18-32-14-12-20(13-15-32)17-33(16-19-10-8-7-9-11-19)26-28-22-23(25(35)29-26)31(5)30-24(22)27(2,3)4/h19-20H,6-18H2,1-5H3,(H,28,29,35). The van der Waals surface area contributed by atoms with E-state index >= 15 is 0 Å². The molecule has 2 fully saturated rings. The van der Waals surface area contributed by atoms with Crippen LogP contribution in [0, 0.1) is 11.8 Å². The predicted molar refractivity (Wildman–Crippen MR) is 142 cm³/mol. The first-order valence-electron chi connectivity index (χ1n) is 13.8. The molecule has 2 aromatic heterocycles. The topological polar surface area (TPSA) is 96.3 Å². The second kappa shape index (κ2) is 11.3. The monoisotopic (exact) mass is 500 g/mol. The second-order valence-electron chi connectivity index (χ2n) is 11.7. The summed E-state index contributed by atoms with van der Waals surface area (Å²) in [5, 5.41) is 4.67. The lowest BCUT2D eigenvalue weighted by atomic mass is 9.88. The van der Waals surface area contributed by atoms with Gasteiger partial charge in [-0.2, -0.15) is 5.10 Å². The molecule has 1 aliphatic carbocycles. The van der Waals surface area contributed by atoms with Crippen LogP contribution in [0.1, 0.15) is 78.3 Å². The molecule has 1 saturated heterocycles. The van der Waals surface area contributed by atoms with E-state index in [1.54, 1.807) is 4.68 Å². The fraction of sp³-hybridized carbons (Fsp3) is 0.778. The Morgan fingerprint density at radius 1 is 1.08 bits per heavy atom. The number of aromatic nitrogens is 4. The summed E-state index contributed by atoms with van der Waals surface area (Å²) in [5.41, 5.74) is 1.77. The summed E-state index contributed by atoms with van der Waals surface area (Å²) in [6, 6.07) is 0. The summed E-state index contributed by atoms with van der Waals surface area (Å²) in [6.07, 6.45) is 8.40. The third kappa shape index (κ3) is 6.28. The van der Waals surface area contributed by atoms with Crippen molar-refractivity contribution in [2.45, 2.75) is 78.1 Å². The highest BCUT2D eigenvalue weighted by Crippen LogP contribution is 2.30. The molecular weight excluding hydrogens is 456 g/mol. The van der Waals surface area contributed by atoms with Crippen molar-refractivity contribution < 1.29 is 9.53 Å². The average molecular weight is 501 g/mol. The van der Waals surface area contributed by atoms with Gasteiger partial charge in [-0.25, -0.2) is 4.98 Å². The molecule has 1 saturated carbocycles. The highest BCUT2D eigenvalue weighted by atomic mass is 16.5. The largest absolute Gasteiger partial charge is 0.465 e. The maximum Gasteiger partial charge on any atom is 0.320 e. The number of H-pyrrole nitrogens is 1. The molecule has 0 unspecified atom stereocenters. The Bertz CT molecular complexity index is 1090. The number of fused-ring (bicyclic) bond motifs is 1. The first-order chi connectivity index (χ1) is 17.2. The Kier molecular flexibility index (Phi) is 8.37. The molecular formula is C27H44N6O3. The normalized spacial score (nSPS) is 18.6. The fourth-order valence-corrected chi connectivity index (χ4v) is 5.78. The van der Waals surface area contributed by atoms with Crippen molar-refractivity contribution in [3.8, 4) is 0 Å². The number of carbonyl (C=O) groups is 1. The molecule has 0 spiro atoms. The molecule has 0 aromatic carbocycles. The van der Waals surface area contributed by atoms with Gasteiger partial charge in [0.2, 0.25) is 5.95 Å². The van der Waals surface area contributed by atoms with Crippen molar-refractivity contribution in [2.24, 2.45) is 18.9 Å². The van der Waals surface area contributed by atoms with Crippen molar-refractivity contribution in [1.82, 2.24) is 24.6 Å². The maximum absolute atomic E-state index is 13.2. The summed E-state index contributed by atoms with van der Waals surface area (Å²) >= 11 is 0. The smallest absolute Gasteiger partial charge is 0.320 e. The fourth-order valence-electron chi connectivity index (χ4n) is 5.78. The number of aryl methyl sites for hydroxylation is 1. The van der Waals surface area contributed by atoms with E-state index in [0.717, 1.165) is 44.7 Å². The van der Waals surface area contributed by atoms with E-state index in [-0.39, 0.29) is 16.9 Å². The SMILES string of the molecule is CCOC(=O)CN1CCC(CN(CC2CCCCC2)c2nc3c(C(C)(C)C)nn(C)c3c(=O)[nH]2)CC1. The number of likely N-dealkylation sites (tertiary alicyclic amines) is 1. The first-order valence-corrected chi connectivity index (χ1v) is 13.8. The minimum Gasteiger partial charge on any atom is -0.465 e. The Balaban J connectivity index is 1.56. The van der Waals surface area contributed by atoms with E-state index in [1.165, 1.54) is 32.1 Å². The summed E-state index contributed by atoms with van der Waals surface area (Å²) in [5.74, 6) is 1.64. The van der Waals surface area contributed by atoms with Crippen molar-refractivity contribution in [3.05, 3.63) is 16.0 Å². The molecule has 36 heavy (non-hydrogen) atoms. The van der Waals surface area contributed by atoms with Crippen LogP contribution in [0.4, 0.5) is 5.95 Å². The molecule has 9 nitrogen and oxygen atoms in total. The maximum atomic E-state index is 13.2. The van der Waals surface area contributed by atoms with Gasteiger partial charge in [0.05, 0.1) is 18.8 Å². The highest BCUT2D eigenvalue weighted by molar-refractivity contribution is 5.79. The van der Waals surface area contributed by atoms with Crippen molar-refractivity contribution in [3.63, 3.8) is 0 Å². The minimum absolute atomic E-state index is 0.126. The summed E-state index contributed by atoms with van der Waals surface area (Å²) in [4.78, 5) is 37.8. The number of hydrogen-bond donors (Lipinski definition) is 1. The molecule has 4 rings (SSSR count). The van der Waals surface area contributed by atoms with E-state index in [1.807, 2.05) is 14.0 Å². The first kappa shape index (κ1) is 26.6. The van der Waals surface area contributed by atoms with Gasteiger partial charge in [0.15, 0.2) is 5.52 Å². The average Bonchev–Trinajstić information content (AvgIpc) is 3.18. The number of rotatable bonds is 8. The zero-order chi connectivity index (χ0) is 25.9. The van der Waals surface area contributed by atoms with Gasteiger partial charge >= 0.3 is 5.97 Å². The highest BCUT2D eigenvalue weighted by Gasteiger charge is 2.29. The van der Waals surface area contributed by atoms with Crippen molar-refractivity contribution in [2.75, 3.05) is 44.2 Å². The quantitative estimate of drug-likeness (QED) is 0.553. The van der Waals surface area contributed by atoms with Crippen molar-refractivity contribution in [1.29, 1.82) is 0 Å². The van der Waals surface area contributed by atoms with Gasteiger partial charge in [-0.1, -0.05) is 40.0 Å². The van der Waals surface area contributed by atoms with Gasteiger partial charge in [-0.3, -0.25) is 24.2 Å². The molecule has 9 heteroatoms. The molecule has 3 heterocycles. The van der Waals surface area contributed by atoms with Gasteiger partial charge in [0.1, 0.15) is 5.52 Å². The van der Waals surface area contributed by atoms with Gasteiger partial charge in [0, 0.05) is 25.6 Å². The van der Waals surface area contributed by atoms with Gasteiger partial charge < -0.3 is 9.64 Å². The van der Waals surface area contributed by atoms with E-state index in [4.69, 9.17) is 9.72 Å². The van der Waals surface area contributed by atoms with Crippen molar-refractivity contribution >= 4 is 23.0 Å². The van der Waals surface area contributed by atoms with Crippen LogP contribution in [0.5, 0.6) is 0 Å². The van der Waals surface area contributed by atoms with E-state index in [9.17, 15) is 9.59 Å². The number of nitrogens with one attached hydrogen (secondary N) is 1. The molecule has 0 atom stereocenters. The third-order valence-corrected chi connectivity index (χ3v) is 7.74. The lowest BCUT2D eigenvalue weighted by Crippen LogP contribution is -2.43. The molecule has 0 bridgehead atoms. The number of esters is 1. The Morgan fingerprint density at radius 2 is 1.72 bits per heavy atom. The van der Waals surface area contributed by atoms with Crippen LogP contribution < -0.4 is 10.5 Å². The van der Waals surface area contributed by atoms with Crippen LogP contribution in [-0.4, -0.2) is 69.9 Å². The second-order valence-corrected chi connectivity index (χ2v) is 11.7. The van der Waals surface area contributed by atoms with Gasteiger partial charge in [-0.15, -0.1) is 0 Å². The van der Waals surface area contributed by atoms with Crippen LogP contribution >= 0.6 is 0 Å². The summed E-state index contributed by atoms with van der Waals surface area (Å²) < 4.78 is 6.79. The molecule has 0 radical (unpaired) electrons. The number of aromatic amines is 1. The summed E-state index contributed by atoms with van der Waals surface area (Å²) in [7, 11) is 1.82. The lowest BCUT2D eigenvalue weighted by molar-refractivity contribution is -0.144. The van der Waals surface area contributed by atoms with Gasteiger partial charge in [0.25, 0.3) is 5.56 Å². The van der Waals surface area contributed by atoms with Crippen LogP contribution in [0.25, 0.3) is 11.0 Å². The van der Waals surface area contributed by atoms with E-state index in [0.29, 0.717) is 42.0 Å². The van der Waals surface area contributed by atoms with Crippen LogP contribution in [0.2, 0.25) is 0 Å². The Labute approximate surface area is 214 Å². The zero-order valence-electron chi connectivity index (χ0n) is 22.8. The molecule has 2 aliphatic rings. The molecule has 1 aliphatic heterocycles. The Hall–Kier alpha value is -2.42. The lowest BCUT2D eigenvalue weighted by Gasteiger charge is -2.36. The molecule has 2 aromatic rings. The van der Waals surface area contributed by atoms with E-state index < -0.39 is 0 Å². The molecule has 0 amide bonds. The summed E-state index contributed by atoms with van der Waals surface area (Å²) in [6.45, 7) is 12.5. The van der Waals surface area contributed by atoms with Crippen LogP contribution in [0.15, 0.2) is 4.79 Å². The number of carbonyl (C=O) groups excluding carboxylic acids is 1. The zero-order valence-corrected chi connectivity index (χ0v) is 22.8. The number of nitrogens with zero attached hydrogens (tertiary/aromatic N) is 5. The predicted octanol–water partition coefficient (Wildman–Crippen LogP) is 3.62.